The second kappa shape index (κ2) is 7.90. The lowest BCUT2D eigenvalue weighted by Gasteiger charge is -2.29. The molecule has 0 bridgehead atoms. The van der Waals surface area contributed by atoms with Crippen molar-refractivity contribution >= 4 is 15.7 Å². The fourth-order valence-electron chi connectivity index (χ4n) is 4.00. The summed E-state index contributed by atoms with van der Waals surface area (Å²) in [6.45, 7) is 5.47. The van der Waals surface area contributed by atoms with E-state index in [0.29, 0.717) is 38.8 Å². The fraction of sp³-hybridized carbons (Fsp3) is 0.941. The van der Waals surface area contributed by atoms with Gasteiger partial charge in [0, 0.05) is 56.9 Å². The van der Waals surface area contributed by atoms with Crippen molar-refractivity contribution in [2.75, 3.05) is 64.7 Å². The number of nitrogens with zero attached hydrogens (tertiary/aromatic N) is 1. The molecule has 0 aliphatic carbocycles. The first-order chi connectivity index (χ1) is 11.9. The number of hydrogen-bond donors (Lipinski definition) is 0. The Morgan fingerprint density at radius 1 is 1.28 bits per heavy atom. The smallest absolute Gasteiger partial charge is 0.223 e. The quantitative estimate of drug-likeness (QED) is 0.638. The minimum absolute atomic E-state index is 0.0609. The van der Waals surface area contributed by atoms with Crippen molar-refractivity contribution in [1.29, 1.82) is 0 Å². The van der Waals surface area contributed by atoms with Gasteiger partial charge in [0.15, 0.2) is 0 Å². The van der Waals surface area contributed by atoms with Gasteiger partial charge >= 0.3 is 0 Å². The van der Waals surface area contributed by atoms with E-state index in [-0.39, 0.29) is 29.4 Å². The van der Waals surface area contributed by atoms with Gasteiger partial charge in [-0.15, -0.1) is 0 Å². The lowest BCUT2D eigenvalue weighted by molar-refractivity contribution is -0.130. The van der Waals surface area contributed by atoms with Gasteiger partial charge in [-0.05, 0) is 18.8 Å². The Balaban J connectivity index is 1.50. The highest BCUT2D eigenvalue weighted by atomic mass is 32.2. The molecule has 0 N–H and O–H groups in total. The molecule has 3 aliphatic rings. The summed E-state index contributed by atoms with van der Waals surface area (Å²) in [6.07, 6.45) is 3.32. The van der Waals surface area contributed by atoms with Crippen LogP contribution < -0.4 is 0 Å². The molecular weight excluding hydrogens is 346 g/mol. The third kappa shape index (κ3) is 4.93. The molecule has 0 unspecified atom stereocenters. The first-order valence-electron chi connectivity index (χ1n) is 9.07. The first kappa shape index (κ1) is 19.1. The number of hydrogen-bond acceptors (Lipinski definition) is 6. The normalized spacial score (nSPS) is 30.6. The van der Waals surface area contributed by atoms with Crippen molar-refractivity contribution in [3.05, 3.63) is 0 Å². The zero-order chi connectivity index (χ0) is 17.9. The minimum atomic E-state index is -3.12. The van der Waals surface area contributed by atoms with E-state index >= 15 is 0 Å². The summed E-state index contributed by atoms with van der Waals surface area (Å²) < 4.78 is 39.6. The standard InChI is InChI=1S/C17H29NO6S/c1-25(20,21)7-4-16(19)18-8-15-10-24-13-17(15,11-18)12-23-9-14-2-5-22-6-3-14/h14-15H,2-13H2,1H3/t15-,17-/m1/s1. The van der Waals surface area contributed by atoms with E-state index in [4.69, 9.17) is 14.2 Å². The van der Waals surface area contributed by atoms with Gasteiger partial charge in [0.05, 0.1) is 25.6 Å². The molecule has 2 atom stereocenters. The van der Waals surface area contributed by atoms with E-state index in [0.717, 1.165) is 32.7 Å². The predicted octanol–water partition coefficient (Wildman–Crippen LogP) is 0.339. The number of fused-ring (bicyclic) bond motifs is 1. The molecule has 25 heavy (non-hydrogen) atoms. The average Bonchev–Trinajstić information content (AvgIpc) is 3.10. The molecule has 3 saturated heterocycles. The largest absolute Gasteiger partial charge is 0.381 e. The van der Waals surface area contributed by atoms with Gasteiger partial charge in [-0.25, -0.2) is 8.42 Å². The van der Waals surface area contributed by atoms with Crippen LogP contribution in [-0.2, 0) is 28.8 Å². The zero-order valence-electron chi connectivity index (χ0n) is 14.9. The third-order valence-corrected chi connectivity index (χ3v) is 6.59. The summed E-state index contributed by atoms with van der Waals surface area (Å²) in [5, 5.41) is 0. The van der Waals surface area contributed by atoms with Gasteiger partial charge in [0.1, 0.15) is 9.84 Å². The Morgan fingerprint density at radius 2 is 2.04 bits per heavy atom. The highest BCUT2D eigenvalue weighted by molar-refractivity contribution is 7.90. The van der Waals surface area contributed by atoms with E-state index in [2.05, 4.69) is 0 Å². The Labute approximate surface area is 149 Å². The molecule has 3 heterocycles. The van der Waals surface area contributed by atoms with E-state index in [9.17, 15) is 13.2 Å². The Bertz CT molecular complexity index is 574. The van der Waals surface area contributed by atoms with Gasteiger partial charge in [-0.3, -0.25) is 4.79 Å². The van der Waals surface area contributed by atoms with Crippen LogP contribution in [0.5, 0.6) is 0 Å². The molecule has 1 amide bonds. The number of ether oxygens (including phenoxy) is 3. The summed E-state index contributed by atoms with van der Waals surface area (Å²) in [7, 11) is -3.12. The maximum atomic E-state index is 12.4. The molecule has 0 aromatic carbocycles. The van der Waals surface area contributed by atoms with Gasteiger partial charge in [0.25, 0.3) is 0 Å². The predicted molar refractivity (Wildman–Crippen MR) is 92.0 cm³/mol. The van der Waals surface area contributed by atoms with Crippen molar-refractivity contribution in [3.8, 4) is 0 Å². The number of amides is 1. The van der Waals surface area contributed by atoms with E-state index in [1.807, 2.05) is 0 Å². The molecule has 3 rings (SSSR count). The number of carbonyl (C=O) groups excluding carboxylic acids is 1. The summed E-state index contributed by atoms with van der Waals surface area (Å²) in [5.74, 6) is 0.671. The highest BCUT2D eigenvalue weighted by Gasteiger charge is 2.52. The van der Waals surface area contributed by atoms with Crippen molar-refractivity contribution in [3.63, 3.8) is 0 Å². The van der Waals surface area contributed by atoms with Crippen molar-refractivity contribution < 1.29 is 27.4 Å². The van der Waals surface area contributed by atoms with Crippen LogP contribution >= 0.6 is 0 Å². The number of sulfone groups is 1. The Kier molecular flexibility index (Phi) is 6.03. The minimum Gasteiger partial charge on any atom is -0.381 e. The number of carbonyl (C=O) groups is 1. The SMILES string of the molecule is CS(=O)(=O)CCC(=O)N1C[C@@H]2COC[C@]2(COCC2CCOCC2)C1. The van der Waals surface area contributed by atoms with E-state index in [1.165, 1.54) is 6.26 Å². The second-order valence-corrected chi connectivity index (χ2v) is 10.1. The molecule has 3 aliphatic heterocycles. The fourth-order valence-corrected chi connectivity index (χ4v) is 4.54. The lowest BCUT2D eigenvalue weighted by Crippen LogP contribution is -2.38. The molecule has 8 heteroatoms. The van der Waals surface area contributed by atoms with Crippen LogP contribution in [0.25, 0.3) is 0 Å². The lowest BCUT2D eigenvalue weighted by atomic mass is 9.82. The molecule has 0 aromatic rings. The van der Waals surface area contributed by atoms with Gasteiger partial charge in [0.2, 0.25) is 5.91 Å². The van der Waals surface area contributed by atoms with Crippen molar-refractivity contribution in [2.45, 2.75) is 19.3 Å². The summed E-state index contributed by atoms with van der Waals surface area (Å²) in [4.78, 5) is 14.2. The topological polar surface area (TPSA) is 82.1 Å². The van der Waals surface area contributed by atoms with E-state index in [1.54, 1.807) is 4.90 Å². The van der Waals surface area contributed by atoms with Gasteiger partial charge < -0.3 is 19.1 Å². The molecule has 0 saturated carbocycles. The summed E-state index contributed by atoms with van der Waals surface area (Å²) >= 11 is 0. The summed E-state index contributed by atoms with van der Waals surface area (Å²) in [6, 6.07) is 0. The first-order valence-corrected chi connectivity index (χ1v) is 11.1. The van der Waals surface area contributed by atoms with Crippen molar-refractivity contribution in [2.24, 2.45) is 17.3 Å². The molecular formula is C17H29NO6S. The molecule has 144 valence electrons. The third-order valence-electron chi connectivity index (χ3n) is 5.64. The monoisotopic (exact) mass is 375 g/mol. The maximum Gasteiger partial charge on any atom is 0.223 e. The van der Waals surface area contributed by atoms with E-state index < -0.39 is 9.84 Å². The Hall–Kier alpha value is -0.700. The molecule has 7 nitrogen and oxygen atoms in total. The van der Waals surface area contributed by atoms with Crippen LogP contribution in [0.15, 0.2) is 0 Å². The maximum absolute atomic E-state index is 12.4. The number of likely N-dealkylation sites (tertiary alicyclic amines) is 1. The van der Waals surface area contributed by atoms with Crippen LogP contribution in [0.2, 0.25) is 0 Å². The number of rotatable bonds is 7. The van der Waals surface area contributed by atoms with Gasteiger partial charge in [-0.1, -0.05) is 0 Å². The molecule has 0 aromatic heterocycles. The molecule has 0 radical (unpaired) electrons. The van der Waals surface area contributed by atoms with Crippen LogP contribution in [0.1, 0.15) is 19.3 Å². The zero-order valence-corrected chi connectivity index (χ0v) is 15.8. The second-order valence-electron chi connectivity index (χ2n) is 7.80. The van der Waals surface area contributed by atoms with Crippen LogP contribution in [0.3, 0.4) is 0 Å². The average molecular weight is 375 g/mol. The van der Waals surface area contributed by atoms with Crippen LogP contribution in [0, 0.1) is 17.3 Å². The van der Waals surface area contributed by atoms with Gasteiger partial charge in [-0.2, -0.15) is 0 Å². The Morgan fingerprint density at radius 3 is 2.76 bits per heavy atom. The molecule has 3 fully saturated rings. The molecule has 0 spiro atoms. The van der Waals surface area contributed by atoms with Crippen LogP contribution in [0.4, 0.5) is 0 Å². The highest BCUT2D eigenvalue weighted by Crippen LogP contribution is 2.42. The van der Waals surface area contributed by atoms with Crippen molar-refractivity contribution in [1.82, 2.24) is 4.90 Å². The summed E-state index contributed by atoms with van der Waals surface area (Å²) in [5.41, 5.74) is -0.133. The van der Waals surface area contributed by atoms with Crippen LogP contribution in [-0.4, -0.2) is 84.0 Å².